The van der Waals surface area contributed by atoms with Crippen molar-refractivity contribution in [3.8, 4) is 0 Å². The summed E-state index contributed by atoms with van der Waals surface area (Å²) in [6.07, 6.45) is 6.00. The molecule has 0 radical (unpaired) electrons. The summed E-state index contributed by atoms with van der Waals surface area (Å²) in [4.78, 5) is 18.7. The van der Waals surface area contributed by atoms with Crippen LogP contribution in [0.15, 0.2) is 53.4 Å². The smallest absolute Gasteiger partial charge is 0.243 e. The standard InChI is InChI=1S/C28H35N3O3S/c1-21-28(25-7-3-4-8-26(25)29-21)23-15-19-30(20-16-23)27(32)14-11-22-9-12-24(13-10-22)35(33,34)31-17-5-2-6-18-31/h3-4,7-10,12-13,23,29H,2,5-6,11,14-20H2,1H3. The number of hydrogen-bond acceptors (Lipinski definition) is 3. The second-order valence-electron chi connectivity index (χ2n) is 9.97. The van der Waals surface area contributed by atoms with Crippen molar-refractivity contribution in [1.82, 2.24) is 14.2 Å². The number of aryl methyl sites for hydroxylation is 2. The Bertz CT molecular complexity index is 1280. The van der Waals surface area contributed by atoms with E-state index in [-0.39, 0.29) is 5.91 Å². The molecule has 0 saturated carbocycles. The predicted octanol–water partition coefficient (Wildman–Crippen LogP) is 4.99. The van der Waals surface area contributed by atoms with Crippen LogP contribution in [-0.4, -0.2) is 54.7 Å². The number of para-hydroxylation sites is 1. The van der Waals surface area contributed by atoms with Crippen molar-refractivity contribution in [3.63, 3.8) is 0 Å². The van der Waals surface area contributed by atoms with Crippen molar-refractivity contribution in [3.05, 3.63) is 65.4 Å². The molecule has 2 fully saturated rings. The number of carbonyl (C=O) groups is 1. The Labute approximate surface area is 208 Å². The number of amides is 1. The summed E-state index contributed by atoms with van der Waals surface area (Å²) in [6, 6.07) is 15.6. The number of carbonyl (C=O) groups excluding carboxylic acids is 1. The highest BCUT2D eigenvalue weighted by Gasteiger charge is 2.27. The SMILES string of the molecule is Cc1[nH]c2ccccc2c1C1CCN(C(=O)CCc2ccc(S(=O)(=O)N3CCCCC3)cc2)CC1. The van der Waals surface area contributed by atoms with Crippen molar-refractivity contribution < 1.29 is 13.2 Å². The summed E-state index contributed by atoms with van der Waals surface area (Å²) in [5.74, 6) is 0.661. The lowest BCUT2D eigenvalue weighted by Gasteiger charge is -2.32. The van der Waals surface area contributed by atoms with E-state index in [1.54, 1.807) is 16.4 Å². The summed E-state index contributed by atoms with van der Waals surface area (Å²) in [6.45, 7) is 4.94. The molecule has 0 spiro atoms. The first-order chi connectivity index (χ1) is 16.9. The highest BCUT2D eigenvalue weighted by Crippen LogP contribution is 2.35. The highest BCUT2D eigenvalue weighted by molar-refractivity contribution is 7.89. The molecule has 7 heteroatoms. The first-order valence-corrected chi connectivity index (χ1v) is 14.3. The molecule has 2 aliphatic rings. The van der Waals surface area contributed by atoms with Crippen molar-refractivity contribution in [1.29, 1.82) is 0 Å². The summed E-state index contributed by atoms with van der Waals surface area (Å²) in [5, 5.41) is 1.31. The van der Waals surface area contributed by atoms with Gasteiger partial charge in [-0.25, -0.2) is 8.42 Å². The summed E-state index contributed by atoms with van der Waals surface area (Å²) < 4.78 is 27.3. The maximum Gasteiger partial charge on any atom is 0.243 e. The number of nitrogens with zero attached hydrogens (tertiary/aromatic N) is 2. The first kappa shape index (κ1) is 24.1. The van der Waals surface area contributed by atoms with Crippen molar-refractivity contribution in [2.75, 3.05) is 26.2 Å². The van der Waals surface area contributed by atoms with Crippen LogP contribution in [0.25, 0.3) is 10.9 Å². The van der Waals surface area contributed by atoms with Crippen LogP contribution in [0.1, 0.15) is 61.3 Å². The molecule has 1 N–H and O–H groups in total. The van der Waals surface area contributed by atoms with Gasteiger partial charge in [0.2, 0.25) is 15.9 Å². The van der Waals surface area contributed by atoms with Gasteiger partial charge in [-0.2, -0.15) is 4.31 Å². The van der Waals surface area contributed by atoms with E-state index in [0.717, 1.165) is 50.8 Å². The molecule has 5 rings (SSSR count). The number of piperidine rings is 2. The van der Waals surface area contributed by atoms with Crippen LogP contribution in [-0.2, 0) is 21.2 Å². The van der Waals surface area contributed by atoms with Crippen LogP contribution in [0.2, 0.25) is 0 Å². The van der Waals surface area contributed by atoms with E-state index in [1.165, 1.54) is 22.2 Å². The normalized spacial score (nSPS) is 18.3. The summed E-state index contributed by atoms with van der Waals surface area (Å²) in [5.41, 5.74) is 4.84. The molecule has 6 nitrogen and oxygen atoms in total. The quantitative estimate of drug-likeness (QED) is 0.526. The third-order valence-corrected chi connectivity index (χ3v) is 9.62. The lowest BCUT2D eigenvalue weighted by atomic mass is 9.87. The largest absolute Gasteiger partial charge is 0.358 e. The average molecular weight is 494 g/mol. The van der Waals surface area contributed by atoms with Gasteiger partial charge in [-0.3, -0.25) is 4.79 Å². The zero-order chi connectivity index (χ0) is 24.4. The fourth-order valence-electron chi connectivity index (χ4n) is 5.73. The van der Waals surface area contributed by atoms with Gasteiger partial charge in [0.25, 0.3) is 0 Å². The van der Waals surface area contributed by atoms with Gasteiger partial charge < -0.3 is 9.88 Å². The molecule has 3 heterocycles. The van der Waals surface area contributed by atoms with E-state index in [2.05, 4.69) is 36.2 Å². The number of aromatic amines is 1. The monoisotopic (exact) mass is 493 g/mol. The van der Waals surface area contributed by atoms with E-state index in [4.69, 9.17) is 0 Å². The Hall–Kier alpha value is -2.64. The molecular weight excluding hydrogens is 458 g/mol. The fourth-order valence-corrected chi connectivity index (χ4v) is 7.25. The van der Waals surface area contributed by atoms with Crippen molar-refractivity contribution in [2.45, 2.75) is 62.7 Å². The maximum atomic E-state index is 12.9. The third kappa shape index (κ3) is 5.02. The van der Waals surface area contributed by atoms with Gasteiger partial charge in [0, 0.05) is 49.2 Å². The number of rotatable bonds is 6. The minimum absolute atomic E-state index is 0.184. The molecule has 2 saturated heterocycles. The molecule has 0 unspecified atom stereocenters. The van der Waals surface area contributed by atoms with Gasteiger partial charge >= 0.3 is 0 Å². The summed E-state index contributed by atoms with van der Waals surface area (Å²) in [7, 11) is -3.41. The van der Waals surface area contributed by atoms with E-state index >= 15 is 0 Å². The second kappa shape index (κ2) is 10.2. The number of benzene rings is 2. The van der Waals surface area contributed by atoms with Gasteiger partial charge in [0.15, 0.2) is 0 Å². The number of hydrogen-bond donors (Lipinski definition) is 1. The number of likely N-dealkylation sites (tertiary alicyclic amines) is 1. The molecule has 186 valence electrons. The second-order valence-corrected chi connectivity index (χ2v) is 11.9. The molecule has 1 amide bonds. The predicted molar refractivity (Wildman–Crippen MR) is 139 cm³/mol. The lowest BCUT2D eigenvalue weighted by molar-refractivity contribution is -0.132. The Morgan fingerprint density at radius 2 is 1.63 bits per heavy atom. The van der Waals surface area contributed by atoms with Crippen molar-refractivity contribution >= 4 is 26.8 Å². The van der Waals surface area contributed by atoms with Crippen LogP contribution < -0.4 is 0 Å². The number of aromatic nitrogens is 1. The van der Waals surface area contributed by atoms with Crippen LogP contribution in [0.5, 0.6) is 0 Å². The summed E-state index contributed by atoms with van der Waals surface area (Å²) >= 11 is 0. The number of sulfonamides is 1. The lowest BCUT2D eigenvalue weighted by Crippen LogP contribution is -2.38. The van der Waals surface area contributed by atoms with E-state index in [1.807, 2.05) is 17.0 Å². The zero-order valence-corrected chi connectivity index (χ0v) is 21.3. The van der Waals surface area contributed by atoms with Gasteiger partial charge in [-0.1, -0.05) is 36.8 Å². The molecule has 1 aromatic heterocycles. The van der Waals surface area contributed by atoms with Crippen molar-refractivity contribution in [2.24, 2.45) is 0 Å². The van der Waals surface area contributed by atoms with E-state index in [0.29, 0.717) is 36.7 Å². The molecule has 35 heavy (non-hydrogen) atoms. The van der Waals surface area contributed by atoms with Crippen LogP contribution in [0.4, 0.5) is 0 Å². The Balaban J connectivity index is 1.14. The molecule has 0 aliphatic carbocycles. The van der Waals surface area contributed by atoms with Gasteiger partial charge in [-0.05, 0) is 74.3 Å². The van der Waals surface area contributed by atoms with Crippen LogP contribution in [0.3, 0.4) is 0 Å². The Kier molecular flexibility index (Phi) is 6.98. The van der Waals surface area contributed by atoms with Crippen LogP contribution in [0, 0.1) is 6.92 Å². The minimum Gasteiger partial charge on any atom is -0.358 e. The van der Waals surface area contributed by atoms with Gasteiger partial charge in [0.05, 0.1) is 4.90 Å². The number of H-pyrrole nitrogens is 1. The van der Waals surface area contributed by atoms with Gasteiger partial charge in [-0.15, -0.1) is 0 Å². The molecule has 3 aromatic rings. The first-order valence-electron chi connectivity index (χ1n) is 12.9. The number of fused-ring (bicyclic) bond motifs is 1. The highest BCUT2D eigenvalue weighted by atomic mass is 32.2. The van der Waals surface area contributed by atoms with Gasteiger partial charge in [0.1, 0.15) is 0 Å². The average Bonchev–Trinajstić information content (AvgIpc) is 3.23. The molecule has 2 aromatic carbocycles. The fraction of sp³-hybridized carbons (Fsp3) is 0.464. The van der Waals surface area contributed by atoms with E-state index in [9.17, 15) is 13.2 Å². The third-order valence-electron chi connectivity index (χ3n) is 7.70. The molecule has 2 aliphatic heterocycles. The molecular formula is C28H35N3O3S. The topological polar surface area (TPSA) is 73.5 Å². The molecule has 0 bridgehead atoms. The minimum atomic E-state index is -3.41. The van der Waals surface area contributed by atoms with Crippen LogP contribution >= 0.6 is 0 Å². The zero-order valence-electron chi connectivity index (χ0n) is 20.5. The molecule has 0 atom stereocenters. The Morgan fingerprint density at radius 1 is 0.943 bits per heavy atom. The van der Waals surface area contributed by atoms with E-state index < -0.39 is 10.0 Å². The maximum absolute atomic E-state index is 12.9. The number of nitrogens with one attached hydrogen (secondary N) is 1. The Morgan fingerprint density at radius 3 is 2.34 bits per heavy atom.